The number of aliphatic carboxylic acids is 1. The lowest BCUT2D eigenvalue weighted by molar-refractivity contribution is -0.138. The molecule has 0 fully saturated rings. The van der Waals surface area contributed by atoms with Crippen molar-refractivity contribution in [1.29, 1.82) is 21.6 Å². The summed E-state index contributed by atoms with van der Waals surface area (Å²) in [4.78, 5) is 259. The summed E-state index contributed by atoms with van der Waals surface area (Å²) in [7, 11) is 0. The highest BCUT2D eigenvalue weighted by Gasteiger charge is 2.39. The van der Waals surface area contributed by atoms with E-state index in [0.29, 0.717) is 49.8 Å². The molecule has 1 heterocycles. The van der Waals surface area contributed by atoms with Gasteiger partial charge in [0.05, 0.1) is 32.0 Å². The van der Waals surface area contributed by atoms with Gasteiger partial charge in [-0.1, -0.05) is 73.9 Å². The first-order chi connectivity index (χ1) is 69.0. The quantitative estimate of drug-likeness (QED) is 0.0166. The number of carbonyl (C=O) groups is 18. The van der Waals surface area contributed by atoms with E-state index < -0.39 is 247 Å². The van der Waals surface area contributed by atoms with E-state index in [9.17, 15) is 96.5 Å². The molecule has 0 aliphatic rings. The third kappa shape index (κ3) is 53.8. The average Bonchev–Trinajstić information content (AvgIpc) is 0.953. The van der Waals surface area contributed by atoms with Gasteiger partial charge in [0, 0.05) is 50.9 Å². The third-order valence-electron chi connectivity index (χ3n) is 22.8. The van der Waals surface area contributed by atoms with E-state index in [2.05, 4.69) is 122 Å². The molecule has 820 valence electrons. The summed E-state index contributed by atoms with van der Waals surface area (Å²) in [5.41, 5.74) is 46.2. The Morgan fingerprint density at radius 1 is 0.349 bits per heavy atom. The fraction of sp³-hybridized carbons (Fsp3) is 0.659. The Labute approximate surface area is 849 Å². The van der Waals surface area contributed by atoms with Gasteiger partial charge in [0.25, 0.3) is 0 Å². The number of carbonyl (C=O) groups excluding carboxylic acids is 17. The molecule has 0 unspecified atom stereocenters. The van der Waals surface area contributed by atoms with Gasteiger partial charge in [0.15, 0.2) is 23.8 Å². The van der Waals surface area contributed by atoms with Crippen LogP contribution in [0.15, 0.2) is 36.8 Å². The van der Waals surface area contributed by atoms with Gasteiger partial charge in [-0.2, -0.15) is 0 Å². The van der Waals surface area contributed by atoms with Gasteiger partial charge >= 0.3 is 5.97 Å². The average molecular weight is 2070 g/mol. The molecular formula is C91H161N35O20. The van der Waals surface area contributed by atoms with Gasteiger partial charge < -0.3 is 173 Å². The molecule has 0 aliphatic heterocycles. The van der Waals surface area contributed by atoms with Crippen molar-refractivity contribution in [3.8, 4) is 5.75 Å². The number of imidazole rings is 1. The Hall–Kier alpha value is -14.4. The minimum atomic E-state index is -1.49. The number of amides is 17. The first-order valence-electron chi connectivity index (χ1n) is 49.2. The van der Waals surface area contributed by atoms with Crippen molar-refractivity contribution in [3.05, 3.63) is 48.0 Å². The number of nitrogens with two attached hydrogens (primary N) is 8. The molecule has 44 N–H and O–H groups in total. The highest BCUT2D eigenvalue weighted by atomic mass is 16.4. The monoisotopic (exact) mass is 2060 g/mol. The molecule has 2 rings (SSSR count). The minimum Gasteiger partial charge on any atom is -0.508 e. The molecule has 0 saturated carbocycles. The number of unbranched alkanes of at least 4 members (excludes halogenated alkanes) is 3. The van der Waals surface area contributed by atoms with Gasteiger partial charge in [-0.05, 0) is 190 Å². The molecule has 15 atom stereocenters. The minimum absolute atomic E-state index is 0.000671. The first kappa shape index (κ1) is 128. The smallest absolute Gasteiger partial charge is 0.322 e. The first-order valence-corrected chi connectivity index (χ1v) is 49.2. The van der Waals surface area contributed by atoms with E-state index in [-0.39, 0.29) is 172 Å². The molecule has 146 heavy (non-hydrogen) atoms. The maximum absolute atomic E-state index is 14.7. The lowest BCUT2D eigenvalue weighted by atomic mass is 9.97. The van der Waals surface area contributed by atoms with Crippen LogP contribution in [0.2, 0.25) is 0 Å². The van der Waals surface area contributed by atoms with Gasteiger partial charge in [0.2, 0.25) is 100 Å². The van der Waals surface area contributed by atoms with Crippen molar-refractivity contribution in [2.45, 2.75) is 288 Å². The van der Waals surface area contributed by atoms with E-state index in [4.69, 9.17) is 67.5 Å². The predicted molar refractivity (Wildman–Crippen MR) is 541 cm³/mol. The molecule has 55 nitrogen and oxygen atoms in total. The summed E-state index contributed by atoms with van der Waals surface area (Å²) in [6, 6.07) is -13.6. The van der Waals surface area contributed by atoms with E-state index >= 15 is 0 Å². The summed E-state index contributed by atoms with van der Waals surface area (Å²) in [5.74, 6) is -19.6. The van der Waals surface area contributed by atoms with Crippen LogP contribution < -0.4 is 158 Å². The standard InChI is InChI=1S/C91H161N35O20/c1-10-52(8)73(87(146)114-53(9)74(133)122-67(42-55-43-104-48-113-55)78(137)111-46-70(130)125-72(51(6)7)86(145)121-60(23-12-15-33-93)80(139)117-59(22-11-14-32-92)82(141)124-66(77(136)112-47-71(131)132)41-54-28-30-56(127)31-29-54)126-84(143)61(24-13-16-34-94)118-79(138)58(25-18-36-106-89(98)99)115-68(128)45-110-76(135)64(39-49(2)3)123-83(142)63(27-20-38-108-91(102)103)119-81(140)62(26-19-37-107-90(100)101)120-85(144)65(40-50(4)5)116-69(129)44-109-75(134)57(95)21-17-35-105-88(96)97/h28-31,43,48-53,57-67,72-73,127H,10-27,32-42,44-47,92-95H2,1-9H3,(H,104,113)(H,109,134)(H,110,135)(H,111,137)(H,112,136)(H,114,146)(H,115,128)(H,116,129)(H,117,139)(H,118,138)(H,119,140)(H,120,144)(H,121,145)(H,122,133)(H,123,142)(H,124,141)(H,125,130)(H,126,143)(H,131,132)(H4,96,97,105)(H4,98,99,106)(H4,100,101,107)(H4,102,103,108)/t52-,53-,57-,58-,59-,60-,61-,62-,63-,64-,65-,66-,67-,72-,73-/m0/s1. The third-order valence-corrected chi connectivity index (χ3v) is 22.8. The molecule has 55 heteroatoms. The highest BCUT2D eigenvalue weighted by molar-refractivity contribution is 6.01. The lowest BCUT2D eigenvalue weighted by Gasteiger charge is -2.29. The number of nitrogens with one attached hydrogen (secondary N) is 26. The fourth-order valence-corrected chi connectivity index (χ4v) is 14.6. The number of benzene rings is 1. The highest BCUT2D eigenvalue weighted by Crippen LogP contribution is 2.18. The summed E-state index contributed by atoms with van der Waals surface area (Å²) >= 11 is 0. The van der Waals surface area contributed by atoms with Gasteiger partial charge in [-0.3, -0.25) is 108 Å². The number of carboxylic acids is 1. The Morgan fingerprint density at radius 2 is 0.671 bits per heavy atom. The molecule has 0 saturated heterocycles. The van der Waals surface area contributed by atoms with E-state index in [1.165, 1.54) is 43.7 Å². The molecule has 17 amide bonds. The van der Waals surface area contributed by atoms with E-state index in [1.807, 2.05) is 0 Å². The van der Waals surface area contributed by atoms with Crippen LogP contribution in [0, 0.1) is 45.3 Å². The number of nitrogens with zero attached hydrogens (tertiary/aromatic N) is 1. The predicted octanol–water partition coefficient (Wildman–Crippen LogP) is -8.67. The summed E-state index contributed by atoms with van der Waals surface area (Å²) in [5, 5.41) is 104. The number of hydrogen-bond acceptors (Lipinski definition) is 28. The number of aromatic nitrogens is 2. The number of rotatable bonds is 74. The van der Waals surface area contributed by atoms with Gasteiger partial charge in [0.1, 0.15) is 90.8 Å². The van der Waals surface area contributed by atoms with Crippen LogP contribution >= 0.6 is 0 Å². The van der Waals surface area contributed by atoms with Crippen molar-refractivity contribution in [2.75, 3.05) is 72.0 Å². The maximum Gasteiger partial charge on any atom is 0.322 e. The van der Waals surface area contributed by atoms with Crippen molar-refractivity contribution >= 4 is 130 Å². The fourth-order valence-electron chi connectivity index (χ4n) is 14.6. The molecule has 1 aromatic carbocycles. The molecule has 0 bridgehead atoms. The number of H-pyrrole nitrogens is 1. The number of aromatic amines is 1. The number of guanidine groups is 4. The second kappa shape index (κ2) is 70.3. The molecule has 0 spiro atoms. The molecule has 0 radical (unpaired) electrons. The second-order valence-electron chi connectivity index (χ2n) is 36.7. The van der Waals surface area contributed by atoms with Gasteiger partial charge in [-0.25, -0.2) is 4.98 Å². The maximum atomic E-state index is 14.7. The summed E-state index contributed by atoms with van der Waals surface area (Å²) in [6.07, 6.45) is 4.75. The van der Waals surface area contributed by atoms with Crippen molar-refractivity contribution in [2.24, 2.45) is 69.5 Å². The summed E-state index contributed by atoms with van der Waals surface area (Å²) < 4.78 is 0. The lowest BCUT2D eigenvalue weighted by Crippen LogP contribution is -2.60. The molecule has 2 aromatic rings. The van der Waals surface area contributed by atoms with E-state index in [0.717, 1.165) is 0 Å². The largest absolute Gasteiger partial charge is 0.508 e. The van der Waals surface area contributed by atoms with Crippen molar-refractivity contribution < 1.29 is 96.5 Å². The normalized spacial score (nSPS) is 14.1. The topological polar surface area (TPSA) is 933 Å². The molecular weight excluding hydrogens is 1900 g/mol. The van der Waals surface area contributed by atoms with Crippen LogP contribution in [0.1, 0.15) is 202 Å². The van der Waals surface area contributed by atoms with Crippen molar-refractivity contribution in [1.82, 2.24) is 122 Å². The number of phenols is 1. The molecule has 1 aromatic heterocycles. The van der Waals surface area contributed by atoms with Crippen LogP contribution in [0.25, 0.3) is 0 Å². The van der Waals surface area contributed by atoms with Gasteiger partial charge in [-0.15, -0.1) is 0 Å². The van der Waals surface area contributed by atoms with E-state index in [1.54, 1.807) is 55.4 Å². The zero-order valence-corrected chi connectivity index (χ0v) is 85.0. The number of aromatic hydroxyl groups is 1. The Kier molecular flexibility index (Phi) is 61.5. The second-order valence-corrected chi connectivity index (χ2v) is 36.7. The number of phenolic OH excluding ortho intramolecular Hbond substituents is 1. The van der Waals surface area contributed by atoms with Crippen LogP contribution in [0.5, 0.6) is 5.75 Å². The summed E-state index contributed by atoms with van der Waals surface area (Å²) in [6.45, 7) is 12.8. The van der Waals surface area contributed by atoms with Crippen molar-refractivity contribution in [3.63, 3.8) is 0 Å². The number of hydrogen-bond donors (Lipinski definition) is 36. The van der Waals surface area contributed by atoms with Crippen LogP contribution in [-0.4, -0.2) is 307 Å². The Balaban J connectivity index is 2.45. The Bertz CT molecular complexity index is 4550. The SMILES string of the molecule is CC[C@H](C)[C@H](NC(=O)[C@H](CCCCN)NC(=O)[C@H](CCCNC(=N)N)NC(=O)CNC(=O)[C@H](CC(C)C)NC(=O)[C@H](CCCNC(=N)N)NC(=O)[C@H](CCCNC(=N)N)NC(=O)[C@H](CC(C)C)NC(=O)CNC(=O)[C@@H](N)CCCNC(=N)N)C(=O)N[C@@H](C)C(=O)N[C@@H](Cc1cnc[nH]1)C(=O)NCC(=O)N[C@H](C(=O)N[C@@H](CCCCN)C(=O)N[C@@H](CCCCN)C(=O)N[C@@H](Cc1ccc(O)cc1)C(=O)NCC(=O)O)C(C)C. The Morgan fingerprint density at radius 3 is 1.05 bits per heavy atom. The zero-order chi connectivity index (χ0) is 110. The van der Waals surface area contributed by atoms with Crippen LogP contribution in [0.3, 0.4) is 0 Å². The van der Waals surface area contributed by atoms with Crippen LogP contribution in [-0.2, 0) is 99.1 Å². The van der Waals surface area contributed by atoms with Crippen LogP contribution in [0.4, 0.5) is 0 Å². The zero-order valence-electron chi connectivity index (χ0n) is 85.0. The number of carboxylic acid groups (broad SMARTS) is 1. The molecule has 0 aliphatic carbocycles.